The van der Waals surface area contributed by atoms with Gasteiger partial charge in [0.25, 0.3) is 0 Å². The molecule has 0 aliphatic rings. The summed E-state index contributed by atoms with van der Waals surface area (Å²) < 4.78 is 1.75. The second kappa shape index (κ2) is 5.36. The zero-order chi connectivity index (χ0) is 13.1. The van der Waals surface area contributed by atoms with Crippen LogP contribution in [0.25, 0.3) is 0 Å². The molecule has 1 heterocycles. The van der Waals surface area contributed by atoms with Crippen LogP contribution in [0.4, 0.5) is 0 Å². The predicted molar refractivity (Wildman–Crippen MR) is 72.4 cm³/mol. The van der Waals surface area contributed by atoms with Gasteiger partial charge in [-0.25, -0.2) is 0 Å². The number of aromatic nitrogens is 2. The first-order valence-corrected chi connectivity index (χ1v) is 6.32. The Balaban J connectivity index is 2.06. The van der Waals surface area contributed by atoms with Gasteiger partial charge in [0.05, 0.1) is 11.8 Å². The standard InChI is InChI=1S/C15H20N2O/c1-11(2)12-4-6-13(7-5-12)15(18)10-14-8-9-17(3)16-14/h4-9,11,15,18H,10H2,1-3H3. The monoisotopic (exact) mass is 244 g/mol. The molecule has 1 aromatic carbocycles. The summed E-state index contributed by atoms with van der Waals surface area (Å²) in [7, 11) is 1.88. The van der Waals surface area contributed by atoms with Crippen LogP contribution in [-0.4, -0.2) is 14.9 Å². The molecular formula is C15H20N2O. The Morgan fingerprint density at radius 2 is 1.72 bits per heavy atom. The van der Waals surface area contributed by atoms with Gasteiger partial charge in [0, 0.05) is 19.7 Å². The van der Waals surface area contributed by atoms with Gasteiger partial charge in [-0.1, -0.05) is 38.1 Å². The summed E-state index contributed by atoms with van der Waals surface area (Å²) in [5, 5.41) is 14.4. The fourth-order valence-corrected chi connectivity index (χ4v) is 1.99. The Bertz CT molecular complexity index is 499. The molecule has 1 atom stereocenters. The molecule has 1 unspecified atom stereocenters. The van der Waals surface area contributed by atoms with E-state index >= 15 is 0 Å². The predicted octanol–water partition coefficient (Wildman–Crippen LogP) is 2.82. The van der Waals surface area contributed by atoms with Crippen molar-refractivity contribution in [2.45, 2.75) is 32.3 Å². The number of hydrogen-bond acceptors (Lipinski definition) is 2. The average molecular weight is 244 g/mol. The molecular weight excluding hydrogens is 224 g/mol. The van der Waals surface area contributed by atoms with E-state index < -0.39 is 6.10 Å². The summed E-state index contributed by atoms with van der Waals surface area (Å²) in [6.45, 7) is 4.33. The molecule has 1 aromatic heterocycles. The van der Waals surface area contributed by atoms with Crippen molar-refractivity contribution in [1.29, 1.82) is 0 Å². The zero-order valence-corrected chi connectivity index (χ0v) is 11.2. The van der Waals surface area contributed by atoms with Crippen molar-refractivity contribution in [3.8, 4) is 0 Å². The third-order valence-corrected chi connectivity index (χ3v) is 3.16. The highest BCUT2D eigenvalue weighted by Crippen LogP contribution is 2.20. The van der Waals surface area contributed by atoms with E-state index in [1.54, 1.807) is 4.68 Å². The topological polar surface area (TPSA) is 38.0 Å². The maximum atomic E-state index is 10.2. The Morgan fingerprint density at radius 3 is 2.22 bits per heavy atom. The molecule has 0 radical (unpaired) electrons. The quantitative estimate of drug-likeness (QED) is 0.898. The molecule has 0 aliphatic heterocycles. The number of aliphatic hydroxyl groups excluding tert-OH is 1. The highest BCUT2D eigenvalue weighted by Gasteiger charge is 2.10. The minimum Gasteiger partial charge on any atom is -0.388 e. The van der Waals surface area contributed by atoms with Crippen molar-refractivity contribution in [2.75, 3.05) is 0 Å². The summed E-state index contributed by atoms with van der Waals surface area (Å²) in [6.07, 6.45) is 1.97. The van der Waals surface area contributed by atoms with Crippen LogP contribution in [0.1, 0.15) is 42.7 Å². The van der Waals surface area contributed by atoms with E-state index in [9.17, 15) is 5.11 Å². The van der Waals surface area contributed by atoms with E-state index in [-0.39, 0.29) is 0 Å². The Hall–Kier alpha value is -1.61. The highest BCUT2D eigenvalue weighted by molar-refractivity contribution is 5.26. The van der Waals surface area contributed by atoms with E-state index in [0.717, 1.165) is 11.3 Å². The largest absolute Gasteiger partial charge is 0.388 e. The molecule has 2 rings (SSSR count). The fourth-order valence-electron chi connectivity index (χ4n) is 1.99. The van der Waals surface area contributed by atoms with Gasteiger partial charge in [0.2, 0.25) is 0 Å². The van der Waals surface area contributed by atoms with Crippen LogP contribution in [0.15, 0.2) is 36.5 Å². The summed E-state index contributed by atoms with van der Waals surface area (Å²) in [5.74, 6) is 0.520. The van der Waals surface area contributed by atoms with Crippen LogP contribution < -0.4 is 0 Å². The molecule has 1 N–H and O–H groups in total. The van der Waals surface area contributed by atoms with E-state index in [4.69, 9.17) is 0 Å². The van der Waals surface area contributed by atoms with Gasteiger partial charge < -0.3 is 5.11 Å². The van der Waals surface area contributed by atoms with Gasteiger partial charge in [-0.3, -0.25) is 4.68 Å². The van der Waals surface area contributed by atoms with E-state index in [2.05, 4.69) is 31.1 Å². The minimum atomic E-state index is -0.485. The SMILES string of the molecule is CC(C)c1ccc(C(O)Cc2ccn(C)n2)cc1. The maximum Gasteiger partial charge on any atom is 0.0846 e. The highest BCUT2D eigenvalue weighted by atomic mass is 16.3. The lowest BCUT2D eigenvalue weighted by Gasteiger charge is -2.11. The number of rotatable bonds is 4. The Morgan fingerprint density at radius 1 is 1.11 bits per heavy atom. The number of aryl methyl sites for hydroxylation is 1. The van der Waals surface area contributed by atoms with Crippen LogP contribution in [0.5, 0.6) is 0 Å². The minimum absolute atomic E-state index is 0.485. The first-order chi connectivity index (χ1) is 8.56. The lowest BCUT2D eigenvalue weighted by Crippen LogP contribution is -2.03. The molecule has 0 spiro atoms. The molecule has 0 aliphatic carbocycles. The summed E-state index contributed by atoms with van der Waals surface area (Å²) in [5.41, 5.74) is 3.16. The van der Waals surface area contributed by atoms with Crippen LogP contribution in [0.2, 0.25) is 0 Å². The van der Waals surface area contributed by atoms with Gasteiger partial charge in [-0.05, 0) is 23.1 Å². The Labute approximate surface area is 108 Å². The molecule has 96 valence electrons. The average Bonchev–Trinajstić information content (AvgIpc) is 2.75. The van der Waals surface area contributed by atoms with Gasteiger partial charge in [0.1, 0.15) is 0 Å². The third-order valence-electron chi connectivity index (χ3n) is 3.16. The molecule has 0 fully saturated rings. The number of hydrogen-bond donors (Lipinski definition) is 1. The van der Waals surface area contributed by atoms with Crippen molar-refractivity contribution in [3.05, 3.63) is 53.3 Å². The lowest BCUT2D eigenvalue weighted by atomic mass is 9.98. The second-order valence-electron chi connectivity index (χ2n) is 5.02. The molecule has 3 nitrogen and oxygen atoms in total. The molecule has 0 bridgehead atoms. The second-order valence-corrected chi connectivity index (χ2v) is 5.02. The molecule has 0 saturated heterocycles. The summed E-state index contributed by atoms with van der Waals surface area (Å²) in [6, 6.07) is 10.1. The smallest absolute Gasteiger partial charge is 0.0846 e. The maximum absolute atomic E-state index is 10.2. The van der Waals surface area contributed by atoms with Crippen LogP contribution in [0, 0.1) is 0 Å². The molecule has 18 heavy (non-hydrogen) atoms. The van der Waals surface area contributed by atoms with Crippen molar-refractivity contribution in [2.24, 2.45) is 7.05 Å². The lowest BCUT2D eigenvalue weighted by molar-refractivity contribution is 0.177. The van der Waals surface area contributed by atoms with Crippen molar-refractivity contribution >= 4 is 0 Å². The van der Waals surface area contributed by atoms with E-state index in [1.807, 2.05) is 31.4 Å². The van der Waals surface area contributed by atoms with Gasteiger partial charge >= 0.3 is 0 Å². The van der Waals surface area contributed by atoms with Crippen LogP contribution >= 0.6 is 0 Å². The van der Waals surface area contributed by atoms with Crippen molar-refractivity contribution in [1.82, 2.24) is 9.78 Å². The molecule has 2 aromatic rings. The van der Waals surface area contributed by atoms with Crippen molar-refractivity contribution in [3.63, 3.8) is 0 Å². The normalized spacial score (nSPS) is 12.9. The summed E-state index contributed by atoms with van der Waals surface area (Å²) >= 11 is 0. The zero-order valence-electron chi connectivity index (χ0n) is 11.2. The molecule has 0 saturated carbocycles. The number of aliphatic hydroxyl groups is 1. The van der Waals surface area contributed by atoms with Crippen LogP contribution in [-0.2, 0) is 13.5 Å². The third kappa shape index (κ3) is 2.99. The van der Waals surface area contributed by atoms with E-state index in [0.29, 0.717) is 12.3 Å². The van der Waals surface area contributed by atoms with Gasteiger partial charge in [-0.2, -0.15) is 5.10 Å². The Kier molecular flexibility index (Phi) is 3.82. The van der Waals surface area contributed by atoms with Gasteiger partial charge in [-0.15, -0.1) is 0 Å². The molecule has 0 amide bonds. The number of nitrogens with zero attached hydrogens (tertiary/aromatic N) is 2. The number of benzene rings is 1. The van der Waals surface area contributed by atoms with E-state index in [1.165, 1.54) is 5.56 Å². The van der Waals surface area contributed by atoms with Gasteiger partial charge in [0.15, 0.2) is 0 Å². The fraction of sp³-hybridized carbons (Fsp3) is 0.400. The first-order valence-electron chi connectivity index (χ1n) is 6.32. The van der Waals surface area contributed by atoms with Crippen molar-refractivity contribution < 1.29 is 5.11 Å². The first kappa shape index (κ1) is 12.8. The van der Waals surface area contributed by atoms with Crippen LogP contribution in [0.3, 0.4) is 0 Å². The molecule has 3 heteroatoms. The summed E-state index contributed by atoms with van der Waals surface area (Å²) in [4.78, 5) is 0.